The summed E-state index contributed by atoms with van der Waals surface area (Å²) >= 11 is 0. The van der Waals surface area contributed by atoms with E-state index in [9.17, 15) is 14.4 Å². The second-order valence-electron chi connectivity index (χ2n) is 10.4. The second-order valence-corrected chi connectivity index (χ2v) is 10.4. The largest absolute Gasteiger partial charge is 0.446 e. The highest BCUT2D eigenvalue weighted by Gasteiger charge is 2.54. The van der Waals surface area contributed by atoms with Crippen LogP contribution in [0, 0.1) is 23.2 Å². The van der Waals surface area contributed by atoms with Crippen molar-refractivity contribution in [1.29, 1.82) is 0 Å². The highest BCUT2D eigenvalue weighted by molar-refractivity contribution is 5.90. The lowest BCUT2D eigenvalue weighted by Crippen LogP contribution is -2.56. The van der Waals surface area contributed by atoms with Crippen LogP contribution in [-0.2, 0) is 19.1 Å². The lowest BCUT2D eigenvalue weighted by molar-refractivity contribution is -0.161. The average molecular weight is 425 g/mol. The molecule has 0 heterocycles. The van der Waals surface area contributed by atoms with Crippen molar-refractivity contribution in [3.63, 3.8) is 0 Å². The number of esters is 1. The van der Waals surface area contributed by atoms with E-state index in [1.54, 1.807) is 19.1 Å². The van der Waals surface area contributed by atoms with Gasteiger partial charge in [0, 0.05) is 17.0 Å². The zero-order valence-corrected chi connectivity index (χ0v) is 18.1. The minimum absolute atomic E-state index is 0.00487. The van der Waals surface area contributed by atoms with Gasteiger partial charge in [0.1, 0.15) is 6.04 Å². The van der Waals surface area contributed by atoms with E-state index in [0.717, 1.165) is 32.1 Å². The van der Waals surface area contributed by atoms with Crippen molar-refractivity contribution in [3.05, 3.63) is 35.9 Å². The summed E-state index contributed by atoms with van der Waals surface area (Å²) < 4.78 is 5.64. The molecule has 0 aliphatic heterocycles. The summed E-state index contributed by atoms with van der Waals surface area (Å²) in [5.41, 5.74) is 0.319. The van der Waals surface area contributed by atoms with Crippen LogP contribution in [0.2, 0.25) is 0 Å². The van der Waals surface area contributed by atoms with Crippen molar-refractivity contribution < 1.29 is 19.1 Å². The van der Waals surface area contributed by atoms with E-state index < -0.39 is 18.1 Å². The molecule has 166 valence electrons. The molecule has 6 nitrogen and oxygen atoms in total. The van der Waals surface area contributed by atoms with Crippen molar-refractivity contribution in [1.82, 2.24) is 10.6 Å². The Bertz CT molecular complexity index is 828. The number of hydrogen-bond acceptors (Lipinski definition) is 4. The molecule has 31 heavy (non-hydrogen) atoms. The van der Waals surface area contributed by atoms with E-state index in [1.165, 1.54) is 19.3 Å². The number of ether oxygens (including phenoxy) is 1. The first kappa shape index (κ1) is 20.5. The van der Waals surface area contributed by atoms with Gasteiger partial charge in [-0.3, -0.25) is 9.59 Å². The van der Waals surface area contributed by atoms with Crippen molar-refractivity contribution >= 4 is 17.8 Å². The highest BCUT2D eigenvalue weighted by atomic mass is 16.5. The maximum absolute atomic E-state index is 13.3. The number of hydrogen-bond donors (Lipinski definition) is 2. The lowest BCUT2D eigenvalue weighted by Gasteiger charge is -2.55. The van der Waals surface area contributed by atoms with Crippen LogP contribution in [0.3, 0.4) is 0 Å². The molecule has 1 aromatic carbocycles. The zero-order valence-electron chi connectivity index (χ0n) is 18.1. The van der Waals surface area contributed by atoms with Crippen molar-refractivity contribution in [2.45, 2.75) is 76.5 Å². The standard InChI is InChI=1S/C25H32N2O4/c1-15(26-24(30)25-12-16-9-17(13-25)11-18(10-16)14-25)23(29)31-21(19-5-3-2-4-6-19)22(28)27-20-7-8-20/h2-6,15-18,20-21H,7-14H2,1H3,(H,26,30)(H,27,28)/t15-,16?,17?,18?,21-,25?/m0/s1. The van der Waals surface area contributed by atoms with Gasteiger partial charge in [-0.25, -0.2) is 4.79 Å². The molecule has 4 bridgehead atoms. The summed E-state index contributed by atoms with van der Waals surface area (Å²) in [6.45, 7) is 1.65. The fraction of sp³-hybridized carbons (Fsp3) is 0.640. The number of nitrogens with one attached hydrogen (secondary N) is 2. The van der Waals surface area contributed by atoms with Gasteiger partial charge in [-0.1, -0.05) is 30.3 Å². The van der Waals surface area contributed by atoms with Crippen LogP contribution < -0.4 is 10.6 Å². The fourth-order valence-corrected chi connectivity index (χ4v) is 6.42. The molecule has 5 saturated carbocycles. The summed E-state index contributed by atoms with van der Waals surface area (Å²) in [5.74, 6) is 1.10. The quantitative estimate of drug-likeness (QED) is 0.658. The molecule has 0 saturated heterocycles. The number of carbonyl (C=O) groups is 3. The Kier molecular flexibility index (Phi) is 5.27. The fourth-order valence-electron chi connectivity index (χ4n) is 6.42. The van der Waals surface area contributed by atoms with Gasteiger partial charge in [-0.15, -0.1) is 0 Å². The zero-order chi connectivity index (χ0) is 21.6. The van der Waals surface area contributed by atoms with E-state index in [-0.39, 0.29) is 23.3 Å². The third kappa shape index (κ3) is 4.21. The maximum Gasteiger partial charge on any atom is 0.329 e. The van der Waals surface area contributed by atoms with E-state index >= 15 is 0 Å². The summed E-state index contributed by atoms with van der Waals surface area (Å²) in [4.78, 5) is 38.9. The van der Waals surface area contributed by atoms with Gasteiger partial charge >= 0.3 is 5.97 Å². The number of amides is 2. The van der Waals surface area contributed by atoms with Gasteiger partial charge in [-0.05, 0) is 76.0 Å². The number of benzene rings is 1. The highest BCUT2D eigenvalue weighted by Crippen LogP contribution is 2.60. The van der Waals surface area contributed by atoms with E-state index in [0.29, 0.717) is 23.3 Å². The minimum Gasteiger partial charge on any atom is -0.446 e. The molecule has 0 unspecified atom stereocenters. The van der Waals surface area contributed by atoms with Gasteiger partial charge in [0.05, 0.1) is 0 Å². The van der Waals surface area contributed by atoms with Crippen LogP contribution in [0.5, 0.6) is 0 Å². The summed E-state index contributed by atoms with van der Waals surface area (Å²) in [6, 6.07) is 8.44. The maximum atomic E-state index is 13.3. The molecule has 1 aromatic rings. The Morgan fingerprint density at radius 1 is 0.968 bits per heavy atom. The summed E-state index contributed by atoms with van der Waals surface area (Å²) in [5, 5.41) is 5.86. The third-order valence-electron chi connectivity index (χ3n) is 7.72. The smallest absolute Gasteiger partial charge is 0.329 e. The van der Waals surface area contributed by atoms with Crippen molar-refractivity contribution in [2.75, 3.05) is 0 Å². The molecule has 0 spiro atoms. The Hall–Kier alpha value is -2.37. The molecular formula is C25H32N2O4. The van der Waals surface area contributed by atoms with Gasteiger partial charge in [0.2, 0.25) is 12.0 Å². The summed E-state index contributed by atoms with van der Waals surface area (Å²) in [7, 11) is 0. The first-order valence-corrected chi connectivity index (χ1v) is 11.8. The molecule has 6 heteroatoms. The molecule has 5 aliphatic rings. The molecule has 2 amide bonds. The van der Waals surface area contributed by atoms with E-state index in [2.05, 4.69) is 10.6 Å². The molecular weight excluding hydrogens is 392 g/mol. The normalized spacial score (nSPS) is 32.7. The number of carbonyl (C=O) groups excluding carboxylic acids is 3. The van der Waals surface area contributed by atoms with Crippen molar-refractivity contribution in [3.8, 4) is 0 Å². The first-order valence-electron chi connectivity index (χ1n) is 11.8. The molecule has 2 N–H and O–H groups in total. The second kappa shape index (κ2) is 7.95. The minimum atomic E-state index is -1.01. The van der Waals surface area contributed by atoms with Crippen LogP contribution in [-0.4, -0.2) is 29.9 Å². The van der Waals surface area contributed by atoms with Crippen molar-refractivity contribution in [2.24, 2.45) is 23.2 Å². The number of rotatable bonds is 7. The van der Waals surface area contributed by atoms with Crippen LogP contribution in [0.15, 0.2) is 30.3 Å². The topological polar surface area (TPSA) is 84.5 Å². The van der Waals surface area contributed by atoms with Crippen LogP contribution in [0.25, 0.3) is 0 Å². The van der Waals surface area contributed by atoms with Gasteiger partial charge in [0.15, 0.2) is 0 Å². The van der Waals surface area contributed by atoms with Gasteiger partial charge < -0.3 is 15.4 Å². The van der Waals surface area contributed by atoms with Crippen LogP contribution in [0.1, 0.15) is 70.0 Å². The summed E-state index contributed by atoms with van der Waals surface area (Å²) in [6.07, 6.45) is 7.54. The first-order chi connectivity index (χ1) is 14.9. The molecule has 2 atom stereocenters. The Balaban J connectivity index is 1.24. The van der Waals surface area contributed by atoms with Crippen LogP contribution >= 0.6 is 0 Å². The lowest BCUT2D eigenvalue weighted by atomic mass is 9.49. The molecule has 5 fully saturated rings. The third-order valence-corrected chi connectivity index (χ3v) is 7.72. The van der Waals surface area contributed by atoms with E-state index in [1.807, 2.05) is 18.2 Å². The molecule has 0 radical (unpaired) electrons. The molecule has 0 aromatic heterocycles. The van der Waals surface area contributed by atoms with Gasteiger partial charge in [-0.2, -0.15) is 0 Å². The predicted octanol–water partition coefficient (Wildman–Crippen LogP) is 3.27. The average Bonchev–Trinajstić information content (AvgIpc) is 3.55. The molecule has 5 aliphatic carbocycles. The van der Waals surface area contributed by atoms with Crippen LogP contribution in [0.4, 0.5) is 0 Å². The Morgan fingerprint density at radius 3 is 2.10 bits per heavy atom. The monoisotopic (exact) mass is 424 g/mol. The molecule has 6 rings (SSSR count). The van der Waals surface area contributed by atoms with E-state index in [4.69, 9.17) is 4.74 Å². The SMILES string of the molecule is C[C@H](NC(=O)C12CC3CC(CC(C3)C1)C2)C(=O)O[C@H](C(=O)NC1CC1)c1ccccc1. The Morgan fingerprint density at radius 2 is 1.55 bits per heavy atom. The Labute approximate surface area is 183 Å². The predicted molar refractivity (Wildman–Crippen MR) is 115 cm³/mol. The van der Waals surface area contributed by atoms with Gasteiger partial charge in [0.25, 0.3) is 5.91 Å².